The number of hydrogen-bond donors (Lipinski definition) is 1. The van der Waals surface area contributed by atoms with Crippen molar-refractivity contribution in [2.75, 3.05) is 44.8 Å². The molecule has 4 rings (SSSR count). The maximum Gasteiger partial charge on any atom is 0.251 e. The zero-order valence-electron chi connectivity index (χ0n) is 24.7. The van der Waals surface area contributed by atoms with E-state index < -0.39 is 27.4 Å². The molecule has 3 fully saturated rings. The molecule has 3 aliphatic heterocycles. The van der Waals surface area contributed by atoms with E-state index in [-0.39, 0.29) is 24.3 Å². The van der Waals surface area contributed by atoms with Gasteiger partial charge in [-0.15, -0.1) is 24.9 Å². The van der Waals surface area contributed by atoms with Crippen molar-refractivity contribution in [1.29, 1.82) is 0 Å². The van der Waals surface area contributed by atoms with Crippen LogP contribution in [0.15, 0.2) is 49.6 Å². The molecule has 3 aliphatic rings. The van der Waals surface area contributed by atoms with E-state index in [0.29, 0.717) is 56.9 Å². The molecule has 1 spiro atoms. The Labute approximate surface area is 248 Å². The van der Waals surface area contributed by atoms with Crippen molar-refractivity contribution in [2.24, 2.45) is 11.8 Å². The highest BCUT2D eigenvalue weighted by Crippen LogP contribution is 2.71. The molecule has 1 N–H and O–H groups in total. The van der Waals surface area contributed by atoms with E-state index in [0.717, 1.165) is 19.3 Å². The first-order valence-corrected chi connectivity index (χ1v) is 15.6. The summed E-state index contributed by atoms with van der Waals surface area (Å²) >= 11 is 1.70. The number of ether oxygens (including phenoxy) is 1. The van der Waals surface area contributed by atoms with Crippen LogP contribution < -0.4 is 9.64 Å². The van der Waals surface area contributed by atoms with E-state index in [2.05, 4.69) is 20.1 Å². The van der Waals surface area contributed by atoms with Crippen LogP contribution in [0.3, 0.4) is 0 Å². The maximum atomic E-state index is 14.7. The zero-order chi connectivity index (χ0) is 29.8. The third-order valence-electron chi connectivity index (χ3n) is 8.95. The van der Waals surface area contributed by atoms with Crippen molar-refractivity contribution < 1.29 is 24.2 Å². The van der Waals surface area contributed by atoms with Crippen LogP contribution >= 0.6 is 11.8 Å². The Kier molecular flexibility index (Phi) is 9.90. The molecule has 41 heavy (non-hydrogen) atoms. The van der Waals surface area contributed by atoms with Crippen LogP contribution in [0.1, 0.15) is 52.4 Å². The van der Waals surface area contributed by atoms with Crippen LogP contribution in [0.25, 0.3) is 0 Å². The Morgan fingerprint density at radius 3 is 2.44 bits per heavy atom. The van der Waals surface area contributed by atoms with Gasteiger partial charge in [0.05, 0.1) is 23.7 Å². The monoisotopic (exact) mass is 583 g/mol. The molecular formula is C32H45N3O5S. The van der Waals surface area contributed by atoms with Gasteiger partial charge in [0.1, 0.15) is 11.8 Å². The van der Waals surface area contributed by atoms with Crippen molar-refractivity contribution in [3.63, 3.8) is 0 Å². The number of anilines is 1. The lowest BCUT2D eigenvalue weighted by atomic mass is 9.66. The smallest absolute Gasteiger partial charge is 0.251 e. The van der Waals surface area contributed by atoms with Crippen molar-refractivity contribution in [3.8, 4) is 5.75 Å². The average Bonchev–Trinajstić information content (AvgIpc) is 3.54. The highest BCUT2D eigenvalue weighted by Gasteiger charge is 2.77. The minimum Gasteiger partial charge on any atom is -0.497 e. The molecule has 3 heterocycles. The van der Waals surface area contributed by atoms with E-state index in [1.807, 2.05) is 36.1 Å². The number of fused-ring (bicyclic) bond motifs is 1. The van der Waals surface area contributed by atoms with Gasteiger partial charge in [-0.05, 0) is 69.7 Å². The molecule has 2 unspecified atom stereocenters. The minimum atomic E-state index is -0.695. The van der Waals surface area contributed by atoms with E-state index in [4.69, 9.17) is 4.74 Å². The van der Waals surface area contributed by atoms with Crippen LogP contribution in [0, 0.1) is 11.8 Å². The molecule has 224 valence electrons. The second kappa shape index (κ2) is 13.0. The number of carbonyl (C=O) groups is 3. The summed E-state index contributed by atoms with van der Waals surface area (Å²) in [6, 6.07) is 6.64. The third-order valence-corrected chi connectivity index (χ3v) is 10.9. The summed E-state index contributed by atoms with van der Waals surface area (Å²) < 4.78 is 4.22. The Hall–Kier alpha value is -2.78. The molecule has 3 saturated heterocycles. The number of likely N-dealkylation sites (tertiary alicyclic amines) is 1. The summed E-state index contributed by atoms with van der Waals surface area (Å²) in [6.45, 7) is 13.7. The molecule has 3 amide bonds. The SMILES string of the molecule is C=CCN(CCC)C(=O)[C@@H]1[C@H]2C(=O)N(CCCCCO)C(C(=O)N(CC=C)c3ccc(OC)cc3)C23CC[C@@]1(C)S3. The molecular weight excluding hydrogens is 538 g/mol. The zero-order valence-corrected chi connectivity index (χ0v) is 25.5. The number of aliphatic hydroxyl groups excluding tert-OH is 1. The molecule has 0 aromatic heterocycles. The number of thioether (sulfide) groups is 1. The largest absolute Gasteiger partial charge is 0.497 e. The summed E-state index contributed by atoms with van der Waals surface area (Å²) in [5.74, 6) is -0.606. The van der Waals surface area contributed by atoms with Crippen LogP contribution in [-0.4, -0.2) is 88.1 Å². The van der Waals surface area contributed by atoms with Crippen molar-refractivity contribution in [3.05, 3.63) is 49.6 Å². The van der Waals surface area contributed by atoms with Crippen molar-refractivity contribution in [2.45, 2.75) is 67.9 Å². The van der Waals surface area contributed by atoms with Gasteiger partial charge >= 0.3 is 0 Å². The molecule has 0 aliphatic carbocycles. The lowest BCUT2D eigenvalue weighted by molar-refractivity contribution is -0.145. The fraction of sp³-hybridized carbons (Fsp3) is 0.594. The number of aliphatic hydroxyl groups is 1. The first-order chi connectivity index (χ1) is 19.7. The first kappa shape index (κ1) is 31.2. The second-order valence-corrected chi connectivity index (χ2v) is 13.4. The average molecular weight is 584 g/mol. The van der Waals surface area contributed by atoms with Crippen LogP contribution in [0.4, 0.5) is 5.69 Å². The normalized spacial score (nSPS) is 28.0. The van der Waals surface area contributed by atoms with Gasteiger partial charge in [-0.2, -0.15) is 0 Å². The van der Waals surface area contributed by atoms with Gasteiger partial charge in [-0.1, -0.05) is 19.1 Å². The number of carbonyl (C=O) groups excluding carboxylic acids is 3. The predicted molar refractivity (Wildman–Crippen MR) is 164 cm³/mol. The second-order valence-electron chi connectivity index (χ2n) is 11.6. The Morgan fingerprint density at radius 2 is 1.83 bits per heavy atom. The molecule has 0 saturated carbocycles. The lowest BCUT2D eigenvalue weighted by Crippen LogP contribution is -2.55. The molecule has 9 heteroatoms. The van der Waals surface area contributed by atoms with Gasteiger partial charge in [0.2, 0.25) is 11.8 Å². The van der Waals surface area contributed by atoms with E-state index in [1.54, 1.807) is 40.8 Å². The molecule has 1 aromatic rings. The summed E-state index contributed by atoms with van der Waals surface area (Å²) in [6.07, 6.45) is 7.82. The van der Waals surface area contributed by atoms with Crippen molar-refractivity contribution >= 4 is 35.2 Å². The standard InChI is InChI=1S/C32H45N3O5S/c1-6-18-33(19-7-2)28(37)25-26-29(38)35(21-10-9-11-22-36)27(32(26)17-16-31(25,4)41-32)30(39)34(20-8-3)23-12-14-24(40-5)15-13-23/h6,8,12-15,25-27,36H,1,3,7,9-11,16-22H2,2,4-5H3/t25-,26-,27?,31+,32?/m0/s1. The molecule has 8 nitrogen and oxygen atoms in total. The number of rotatable bonds is 15. The molecule has 5 atom stereocenters. The number of nitrogens with zero attached hydrogens (tertiary/aromatic N) is 3. The number of hydrogen-bond acceptors (Lipinski definition) is 6. The number of methoxy groups -OCH3 is 1. The highest BCUT2D eigenvalue weighted by atomic mass is 32.2. The van der Waals surface area contributed by atoms with Gasteiger partial charge in [0, 0.05) is 43.2 Å². The number of unbranched alkanes of at least 4 members (excludes halogenated alkanes) is 2. The van der Waals surface area contributed by atoms with Crippen LogP contribution in [0.2, 0.25) is 0 Å². The maximum absolute atomic E-state index is 14.7. The van der Waals surface area contributed by atoms with Crippen LogP contribution in [0.5, 0.6) is 5.75 Å². The Bertz CT molecular complexity index is 1140. The van der Waals surface area contributed by atoms with Gasteiger partial charge in [0.15, 0.2) is 0 Å². The highest BCUT2D eigenvalue weighted by molar-refractivity contribution is 8.02. The minimum absolute atomic E-state index is 0.00638. The van der Waals surface area contributed by atoms with E-state index in [1.165, 1.54) is 0 Å². The van der Waals surface area contributed by atoms with Gasteiger partial charge in [-0.25, -0.2) is 0 Å². The van der Waals surface area contributed by atoms with Gasteiger partial charge < -0.3 is 24.5 Å². The Morgan fingerprint density at radius 1 is 1.12 bits per heavy atom. The van der Waals surface area contributed by atoms with Crippen molar-refractivity contribution in [1.82, 2.24) is 9.80 Å². The third kappa shape index (κ3) is 5.55. The molecule has 2 bridgehead atoms. The van der Waals surface area contributed by atoms with Gasteiger partial charge in [-0.3, -0.25) is 14.4 Å². The summed E-state index contributed by atoms with van der Waals surface area (Å²) in [5.41, 5.74) is 0.708. The van der Waals surface area contributed by atoms with Crippen LogP contribution in [-0.2, 0) is 14.4 Å². The predicted octanol–water partition coefficient (Wildman–Crippen LogP) is 4.28. The van der Waals surface area contributed by atoms with E-state index >= 15 is 0 Å². The first-order valence-electron chi connectivity index (χ1n) is 14.8. The fourth-order valence-electron chi connectivity index (χ4n) is 7.17. The quantitative estimate of drug-likeness (QED) is 0.245. The number of benzene rings is 1. The molecule has 1 aromatic carbocycles. The lowest BCUT2D eigenvalue weighted by Gasteiger charge is -2.38. The van der Waals surface area contributed by atoms with E-state index in [9.17, 15) is 19.5 Å². The summed E-state index contributed by atoms with van der Waals surface area (Å²) in [5, 5.41) is 9.31. The fourth-order valence-corrected chi connectivity index (χ4v) is 9.51. The summed E-state index contributed by atoms with van der Waals surface area (Å²) in [4.78, 5) is 48.5. The topological polar surface area (TPSA) is 90.4 Å². The Balaban J connectivity index is 1.76. The van der Waals surface area contributed by atoms with Gasteiger partial charge in [0.25, 0.3) is 5.91 Å². The summed E-state index contributed by atoms with van der Waals surface area (Å²) in [7, 11) is 1.60. The number of amides is 3. The molecule has 0 radical (unpaired) electrons.